The zero-order valence-electron chi connectivity index (χ0n) is 23.6. The van der Waals surface area contributed by atoms with Gasteiger partial charge in [-0.05, 0) is 59.9 Å². The van der Waals surface area contributed by atoms with Gasteiger partial charge in [-0.1, -0.05) is 60.1 Å². The summed E-state index contributed by atoms with van der Waals surface area (Å²) in [6.07, 6.45) is 1.83. The van der Waals surface area contributed by atoms with Crippen LogP contribution in [0.15, 0.2) is 78.9 Å². The van der Waals surface area contributed by atoms with Crippen LogP contribution in [0.2, 0.25) is 5.02 Å². The molecule has 0 N–H and O–H groups in total. The van der Waals surface area contributed by atoms with Crippen molar-refractivity contribution in [3.63, 3.8) is 0 Å². The summed E-state index contributed by atoms with van der Waals surface area (Å²) >= 11 is 7.86. The van der Waals surface area contributed by atoms with E-state index in [0.29, 0.717) is 30.2 Å². The van der Waals surface area contributed by atoms with Crippen LogP contribution in [-0.2, 0) is 29.0 Å². The van der Waals surface area contributed by atoms with Gasteiger partial charge in [0.1, 0.15) is 12.4 Å². The molecule has 0 radical (unpaired) electrons. The van der Waals surface area contributed by atoms with E-state index in [1.54, 1.807) is 30.8 Å². The van der Waals surface area contributed by atoms with E-state index >= 15 is 0 Å². The Hall–Kier alpha value is -2.55. The summed E-state index contributed by atoms with van der Waals surface area (Å²) in [5.41, 5.74) is 4.49. The minimum absolute atomic E-state index is 0. The van der Waals surface area contributed by atoms with Gasteiger partial charge < -0.3 is 19.5 Å². The number of aromatic nitrogens is 1. The number of fused-ring (bicyclic) bond motifs is 1. The van der Waals surface area contributed by atoms with Crippen LogP contribution in [0, 0.1) is 0 Å². The smallest absolute Gasteiger partial charge is 0.550 e. The first-order valence-electron chi connectivity index (χ1n) is 13.1. The van der Waals surface area contributed by atoms with Crippen molar-refractivity contribution in [2.75, 3.05) is 19.8 Å². The van der Waals surface area contributed by atoms with Crippen LogP contribution in [0.4, 0.5) is 0 Å². The SMILES string of the molecule is CN(C)C(=O)CCSC(CCc1ccccc1CC(=O)[O-])c1cccc(OCc2ccc3ccc(Cl)cc3n2)c1.[Na+]. The summed E-state index contributed by atoms with van der Waals surface area (Å²) < 4.78 is 6.12. The zero-order valence-corrected chi connectivity index (χ0v) is 27.2. The first-order chi connectivity index (χ1) is 19.3. The maximum absolute atomic E-state index is 12.2. The number of carbonyl (C=O) groups excluding carboxylic acids is 2. The molecule has 4 aromatic rings. The number of hydrogen-bond acceptors (Lipinski definition) is 6. The molecule has 4 rings (SSSR count). The van der Waals surface area contributed by atoms with E-state index in [1.807, 2.05) is 72.8 Å². The second-order valence-electron chi connectivity index (χ2n) is 9.75. The van der Waals surface area contributed by atoms with Gasteiger partial charge in [-0.15, -0.1) is 0 Å². The average molecular weight is 599 g/mol. The zero-order chi connectivity index (χ0) is 28.5. The van der Waals surface area contributed by atoms with Gasteiger partial charge in [0, 0.05) is 54.3 Å². The molecule has 0 saturated heterocycles. The van der Waals surface area contributed by atoms with Gasteiger partial charge in [-0.2, -0.15) is 11.8 Å². The second-order valence-corrected chi connectivity index (χ2v) is 11.5. The van der Waals surface area contributed by atoms with Gasteiger partial charge in [-0.25, -0.2) is 4.98 Å². The number of aliphatic carboxylic acids is 1. The number of benzene rings is 3. The quantitative estimate of drug-likeness (QED) is 0.220. The molecule has 41 heavy (non-hydrogen) atoms. The van der Waals surface area contributed by atoms with Crippen molar-refractivity contribution < 1.29 is 49.0 Å². The number of carboxylic acids is 1. The standard InChI is InChI=1S/C32H33ClN2O4S.Na/c1-35(2)31(36)16-17-40-30(15-12-22-6-3-4-7-24(22)19-32(37)38)25-8-5-9-28(18-25)39-21-27-14-11-23-10-13-26(33)20-29(23)34-27;/h3-11,13-14,18,20,30H,12,15-17,19,21H2,1-2H3,(H,37,38);/q;+1/p-1. The number of halogens is 1. The summed E-state index contributed by atoms with van der Waals surface area (Å²) in [7, 11) is 3.52. The summed E-state index contributed by atoms with van der Waals surface area (Å²) in [4.78, 5) is 29.7. The van der Waals surface area contributed by atoms with E-state index in [0.717, 1.165) is 45.5 Å². The predicted molar refractivity (Wildman–Crippen MR) is 160 cm³/mol. The fourth-order valence-corrected chi connectivity index (χ4v) is 5.82. The summed E-state index contributed by atoms with van der Waals surface area (Å²) in [6.45, 7) is 0.317. The van der Waals surface area contributed by atoms with Crippen molar-refractivity contribution >= 4 is 46.1 Å². The molecule has 1 aromatic heterocycles. The van der Waals surface area contributed by atoms with Gasteiger partial charge in [0.25, 0.3) is 0 Å². The molecule has 0 bridgehead atoms. The molecular weight excluding hydrogens is 567 g/mol. The molecule has 0 spiro atoms. The number of carboxylic acid groups (broad SMARTS) is 1. The molecule has 0 aliphatic heterocycles. The summed E-state index contributed by atoms with van der Waals surface area (Å²) in [5.74, 6) is 0.413. The third-order valence-electron chi connectivity index (χ3n) is 6.59. The molecule has 0 aliphatic rings. The number of ether oxygens (including phenoxy) is 1. The molecule has 0 saturated carbocycles. The van der Waals surface area contributed by atoms with Gasteiger partial charge in [0.2, 0.25) is 5.91 Å². The molecule has 6 nitrogen and oxygen atoms in total. The van der Waals surface area contributed by atoms with E-state index in [1.165, 1.54) is 0 Å². The number of aryl methyl sites for hydroxylation is 1. The molecule has 1 unspecified atom stereocenters. The minimum Gasteiger partial charge on any atom is -0.550 e. The first kappa shape index (κ1) is 33.0. The molecule has 208 valence electrons. The van der Waals surface area contributed by atoms with Crippen LogP contribution in [0.3, 0.4) is 0 Å². The molecule has 1 atom stereocenters. The Morgan fingerprint density at radius 3 is 2.51 bits per heavy atom. The van der Waals surface area contributed by atoms with Crippen molar-refractivity contribution in [2.45, 2.75) is 37.5 Å². The fourth-order valence-electron chi connectivity index (χ4n) is 4.45. The van der Waals surface area contributed by atoms with Gasteiger partial charge in [-0.3, -0.25) is 4.79 Å². The molecule has 9 heteroatoms. The molecule has 1 heterocycles. The largest absolute Gasteiger partial charge is 1.00 e. The Bertz CT molecular complexity index is 1480. The fraction of sp³-hybridized carbons (Fsp3) is 0.281. The molecular formula is C32H32ClN2NaO4S. The molecule has 0 fully saturated rings. The maximum atomic E-state index is 12.2. The number of hydrogen-bond donors (Lipinski definition) is 0. The number of nitrogens with zero attached hydrogens (tertiary/aromatic N) is 2. The average Bonchev–Trinajstić information content (AvgIpc) is 2.94. The second kappa shape index (κ2) is 16.2. The molecule has 3 aromatic carbocycles. The number of thioether (sulfide) groups is 1. The van der Waals surface area contributed by atoms with E-state index in [9.17, 15) is 14.7 Å². The monoisotopic (exact) mass is 598 g/mol. The third-order valence-corrected chi connectivity index (χ3v) is 8.18. The van der Waals surface area contributed by atoms with Crippen molar-refractivity contribution in [3.8, 4) is 5.75 Å². The minimum atomic E-state index is -1.09. The number of amides is 1. The van der Waals surface area contributed by atoms with Crippen LogP contribution in [-0.4, -0.2) is 41.6 Å². The van der Waals surface area contributed by atoms with Crippen LogP contribution in [0.1, 0.15) is 40.5 Å². The number of carbonyl (C=O) groups is 2. The predicted octanol–water partition coefficient (Wildman–Crippen LogP) is 2.65. The molecule has 0 aliphatic carbocycles. The Balaban J connectivity index is 0.00000462. The van der Waals surface area contributed by atoms with Crippen LogP contribution >= 0.6 is 23.4 Å². The van der Waals surface area contributed by atoms with Crippen LogP contribution in [0.25, 0.3) is 10.9 Å². The van der Waals surface area contributed by atoms with Crippen molar-refractivity contribution in [2.24, 2.45) is 0 Å². The van der Waals surface area contributed by atoms with Crippen molar-refractivity contribution in [3.05, 3.63) is 106 Å². The van der Waals surface area contributed by atoms with E-state index in [-0.39, 0.29) is 47.1 Å². The Morgan fingerprint density at radius 1 is 1.00 bits per heavy atom. The van der Waals surface area contributed by atoms with Crippen LogP contribution in [0.5, 0.6) is 5.75 Å². The van der Waals surface area contributed by atoms with Gasteiger partial charge in [0.15, 0.2) is 0 Å². The summed E-state index contributed by atoms with van der Waals surface area (Å²) in [6, 6.07) is 25.2. The number of pyridine rings is 1. The first-order valence-corrected chi connectivity index (χ1v) is 14.6. The summed E-state index contributed by atoms with van der Waals surface area (Å²) in [5, 5.41) is 13.0. The Labute approximate surface area is 272 Å². The number of rotatable bonds is 13. The van der Waals surface area contributed by atoms with E-state index in [2.05, 4.69) is 11.1 Å². The van der Waals surface area contributed by atoms with Gasteiger partial charge in [0.05, 0.1) is 11.2 Å². The third kappa shape index (κ3) is 10.0. The van der Waals surface area contributed by atoms with Crippen molar-refractivity contribution in [1.29, 1.82) is 0 Å². The van der Waals surface area contributed by atoms with Crippen LogP contribution < -0.4 is 39.4 Å². The van der Waals surface area contributed by atoms with E-state index in [4.69, 9.17) is 16.3 Å². The Kier molecular flexibility index (Phi) is 13.0. The normalized spacial score (nSPS) is 11.5. The topological polar surface area (TPSA) is 82.6 Å². The van der Waals surface area contributed by atoms with E-state index < -0.39 is 5.97 Å². The molecule has 1 amide bonds. The van der Waals surface area contributed by atoms with Crippen molar-refractivity contribution in [1.82, 2.24) is 9.88 Å². The maximum Gasteiger partial charge on any atom is 1.00 e. The Morgan fingerprint density at radius 2 is 1.76 bits per heavy atom. The van der Waals surface area contributed by atoms with Gasteiger partial charge >= 0.3 is 29.6 Å².